The summed E-state index contributed by atoms with van der Waals surface area (Å²) in [5.41, 5.74) is 5.67. The Bertz CT molecular complexity index is 439. The second kappa shape index (κ2) is 8.43. The second-order valence-electron chi connectivity index (χ2n) is 3.00. The summed E-state index contributed by atoms with van der Waals surface area (Å²) >= 11 is 11.7. The van der Waals surface area contributed by atoms with Crippen LogP contribution in [-0.4, -0.2) is 17.0 Å². The molecule has 1 rings (SSSR count). The van der Waals surface area contributed by atoms with E-state index in [1.807, 2.05) is 0 Å². The highest BCUT2D eigenvalue weighted by molar-refractivity contribution is 6.35. The highest BCUT2D eigenvalue weighted by Gasteiger charge is 2.03. The normalized spacial score (nSPS) is 9.72. The molecule has 0 saturated heterocycles. The minimum absolute atomic E-state index is 0.220. The van der Waals surface area contributed by atoms with Gasteiger partial charge in [0, 0.05) is 22.5 Å². The van der Waals surface area contributed by atoms with Gasteiger partial charge in [-0.15, -0.1) is 5.11 Å². The summed E-state index contributed by atoms with van der Waals surface area (Å²) in [5.74, 6) is -1.17. The van der Waals surface area contributed by atoms with Crippen LogP contribution in [0.3, 0.4) is 0 Å². The Morgan fingerprint density at radius 1 is 1.44 bits per heavy atom. The first kappa shape index (κ1) is 16.3. The van der Waals surface area contributed by atoms with E-state index in [0.29, 0.717) is 15.6 Å². The number of carboxylic acid groups (broad SMARTS) is 1. The molecule has 0 aromatic heterocycles. The van der Waals surface area contributed by atoms with E-state index in [-0.39, 0.29) is 12.5 Å². The van der Waals surface area contributed by atoms with Crippen molar-refractivity contribution in [1.82, 2.24) is 0 Å². The first-order valence-electron chi connectivity index (χ1n) is 4.68. The van der Waals surface area contributed by atoms with Crippen molar-refractivity contribution in [3.05, 3.63) is 33.8 Å². The summed E-state index contributed by atoms with van der Waals surface area (Å²) < 4.78 is 0. The molecule has 8 heteroatoms. The van der Waals surface area contributed by atoms with Gasteiger partial charge >= 0.3 is 0 Å². The van der Waals surface area contributed by atoms with Gasteiger partial charge in [-0.3, -0.25) is 10.2 Å². The van der Waals surface area contributed by atoms with Gasteiger partial charge in [-0.1, -0.05) is 29.3 Å². The largest absolute Gasteiger partial charge is 0.481 e. The number of hydrogen-bond acceptors (Lipinski definition) is 3. The third kappa shape index (κ3) is 7.59. The molecule has 0 fully saturated rings. The predicted molar refractivity (Wildman–Crippen MR) is 70.2 cm³/mol. The van der Waals surface area contributed by atoms with E-state index < -0.39 is 5.97 Å². The fourth-order valence-corrected chi connectivity index (χ4v) is 1.38. The number of carbonyl (C=O) groups is 1. The topological polar surface area (TPSA) is 112 Å². The molecule has 1 aromatic rings. The van der Waals surface area contributed by atoms with Gasteiger partial charge in [0.25, 0.3) is 5.97 Å². The molecular weight excluding hydrogens is 279 g/mol. The van der Waals surface area contributed by atoms with Crippen LogP contribution in [0, 0.1) is 5.41 Å². The maximum atomic E-state index is 9.00. The molecular formula is C10H12Cl2N4O2. The lowest BCUT2D eigenvalue weighted by atomic mass is 10.2. The smallest absolute Gasteiger partial charge is 0.300 e. The van der Waals surface area contributed by atoms with Gasteiger partial charge in [-0.05, 0) is 12.1 Å². The monoisotopic (exact) mass is 290 g/mol. The van der Waals surface area contributed by atoms with Crippen LogP contribution in [0.25, 0.3) is 0 Å². The standard InChI is InChI=1S/C8H8Cl2N4.C2H4O2/c9-6-2-1-3-7(10)5(6)4-13-14-8(11)12;1-2(3)4/h1-3H,4H2,(H3,11,12);1H3,(H,3,4). The van der Waals surface area contributed by atoms with Crippen LogP contribution in [0.15, 0.2) is 28.4 Å². The van der Waals surface area contributed by atoms with Gasteiger partial charge in [0.1, 0.15) is 0 Å². The van der Waals surface area contributed by atoms with Crippen LogP contribution < -0.4 is 5.73 Å². The molecule has 0 spiro atoms. The number of guanidine groups is 1. The van der Waals surface area contributed by atoms with E-state index >= 15 is 0 Å². The van der Waals surface area contributed by atoms with E-state index in [2.05, 4.69) is 10.2 Å². The van der Waals surface area contributed by atoms with Crippen molar-refractivity contribution in [3.8, 4) is 0 Å². The van der Waals surface area contributed by atoms with Gasteiger partial charge in [-0.25, -0.2) is 0 Å². The quantitative estimate of drug-likeness (QED) is 0.442. The summed E-state index contributed by atoms with van der Waals surface area (Å²) in [6.07, 6.45) is 0. The minimum atomic E-state index is -0.833. The molecule has 0 heterocycles. The summed E-state index contributed by atoms with van der Waals surface area (Å²) in [5, 5.41) is 22.3. The molecule has 0 radical (unpaired) electrons. The van der Waals surface area contributed by atoms with Crippen LogP contribution in [0.1, 0.15) is 12.5 Å². The highest BCUT2D eigenvalue weighted by atomic mass is 35.5. The number of hydrogen-bond donors (Lipinski definition) is 3. The van der Waals surface area contributed by atoms with Crippen molar-refractivity contribution < 1.29 is 9.90 Å². The second-order valence-corrected chi connectivity index (χ2v) is 3.82. The van der Waals surface area contributed by atoms with Crippen molar-refractivity contribution in [2.75, 3.05) is 0 Å². The van der Waals surface area contributed by atoms with Crippen molar-refractivity contribution in [2.45, 2.75) is 13.5 Å². The number of rotatable bonds is 2. The first-order valence-corrected chi connectivity index (χ1v) is 5.44. The van der Waals surface area contributed by atoms with Crippen LogP contribution in [-0.2, 0) is 11.3 Å². The molecule has 98 valence electrons. The maximum Gasteiger partial charge on any atom is 0.300 e. The molecule has 0 atom stereocenters. The van der Waals surface area contributed by atoms with Gasteiger partial charge < -0.3 is 10.8 Å². The molecule has 0 aliphatic rings. The third-order valence-corrected chi connectivity index (χ3v) is 2.18. The molecule has 0 aliphatic heterocycles. The minimum Gasteiger partial charge on any atom is -0.481 e. The number of halogens is 2. The molecule has 4 N–H and O–H groups in total. The molecule has 0 bridgehead atoms. The molecule has 0 amide bonds. The van der Waals surface area contributed by atoms with Gasteiger partial charge in [-0.2, -0.15) is 5.11 Å². The van der Waals surface area contributed by atoms with Gasteiger partial charge in [0.2, 0.25) is 5.96 Å². The maximum absolute atomic E-state index is 9.00. The number of aliphatic carboxylic acids is 1. The number of azo groups is 1. The van der Waals surface area contributed by atoms with E-state index in [0.717, 1.165) is 6.92 Å². The summed E-state index contributed by atoms with van der Waals surface area (Å²) in [6.45, 7) is 1.30. The molecule has 6 nitrogen and oxygen atoms in total. The van der Waals surface area contributed by atoms with Crippen molar-refractivity contribution in [3.63, 3.8) is 0 Å². The molecule has 0 aliphatic carbocycles. The molecule has 1 aromatic carbocycles. The van der Waals surface area contributed by atoms with Crippen LogP contribution in [0.5, 0.6) is 0 Å². The summed E-state index contributed by atoms with van der Waals surface area (Å²) in [7, 11) is 0. The zero-order valence-electron chi connectivity index (χ0n) is 9.52. The zero-order chi connectivity index (χ0) is 14.1. The van der Waals surface area contributed by atoms with Gasteiger partial charge in [0.15, 0.2) is 0 Å². The predicted octanol–water partition coefficient (Wildman–Crippen LogP) is 2.93. The van der Waals surface area contributed by atoms with Crippen LogP contribution in [0.2, 0.25) is 10.0 Å². The number of carboxylic acids is 1. The number of benzene rings is 1. The lowest BCUT2D eigenvalue weighted by Gasteiger charge is -2.01. The summed E-state index contributed by atoms with van der Waals surface area (Å²) in [4.78, 5) is 9.00. The molecule has 0 saturated carbocycles. The lowest BCUT2D eigenvalue weighted by Crippen LogP contribution is -2.03. The number of nitrogens with one attached hydrogen (secondary N) is 1. The van der Waals surface area contributed by atoms with Crippen molar-refractivity contribution in [2.24, 2.45) is 16.0 Å². The fraction of sp³-hybridized carbons (Fsp3) is 0.200. The fourth-order valence-electron chi connectivity index (χ4n) is 0.866. The Labute approximate surface area is 114 Å². The average Bonchev–Trinajstić information content (AvgIpc) is 2.21. The highest BCUT2D eigenvalue weighted by Crippen LogP contribution is 2.24. The van der Waals surface area contributed by atoms with E-state index in [9.17, 15) is 0 Å². The van der Waals surface area contributed by atoms with E-state index in [1.54, 1.807) is 18.2 Å². The Balaban J connectivity index is 0.000000631. The van der Waals surface area contributed by atoms with Crippen molar-refractivity contribution >= 4 is 35.1 Å². The zero-order valence-corrected chi connectivity index (χ0v) is 11.0. The van der Waals surface area contributed by atoms with E-state index in [1.165, 1.54) is 0 Å². The SMILES string of the molecule is CC(=O)O.N=C(N)N=NCc1c(Cl)cccc1Cl. The Hall–Kier alpha value is -1.66. The first-order chi connectivity index (χ1) is 8.34. The Morgan fingerprint density at radius 2 is 1.89 bits per heavy atom. The summed E-state index contributed by atoms with van der Waals surface area (Å²) in [6, 6.07) is 5.17. The van der Waals surface area contributed by atoms with Crippen molar-refractivity contribution in [1.29, 1.82) is 5.41 Å². The van der Waals surface area contributed by atoms with Gasteiger partial charge in [0.05, 0.1) is 6.54 Å². The Morgan fingerprint density at radius 3 is 2.28 bits per heavy atom. The Kier molecular flexibility index (Phi) is 7.66. The average molecular weight is 291 g/mol. The third-order valence-electron chi connectivity index (χ3n) is 1.47. The number of nitrogens with two attached hydrogens (primary N) is 1. The molecule has 0 unspecified atom stereocenters. The lowest BCUT2D eigenvalue weighted by molar-refractivity contribution is -0.134. The van der Waals surface area contributed by atoms with E-state index in [4.69, 9.17) is 44.2 Å². The van der Waals surface area contributed by atoms with Crippen LogP contribution in [0.4, 0.5) is 0 Å². The van der Waals surface area contributed by atoms with Crippen LogP contribution >= 0.6 is 23.2 Å². The molecule has 18 heavy (non-hydrogen) atoms. The number of nitrogens with zero attached hydrogens (tertiary/aromatic N) is 2.